The fraction of sp³-hybridized carbons (Fsp3) is 0.0625. The number of rotatable bonds is 8. The molecule has 10 aromatic carbocycles. The van der Waals surface area contributed by atoms with Gasteiger partial charge < -0.3 is 9.13 Å². The second-order valence-electron chi connectivity index (χ2n) is 18.8. The number of aliphatic imine (C=N–C) groups is 1. The minimum Gasteiger partial charge on any atom is -0.309 e. The molecule has 0 aliphatic carbocycles. The summed E-state index contributed by atoms with van der Waals surface area (Å²) in [6.45, 7) is 6.71. The van der Waals surface area contributed by atoms with Crippen LogP contribution in [0.3, 0.4) is 0 Å². The molecule has 4 nitrogen and oxygen atoms in total. The van der Waals surface area contributed by atoms with Gasteiger partial charge >= 0.3 is 0 Å². The molecule has 12 aromatic rings. The van der Waals surface area contributed by atoms with E-state index in [4.69, 9.17) is 4.99 Å². The van der Waals surface area contributed by atoms with Gasteiger partial charge in [0.25, 0.3) is 0 Å². The third-order valence-corrected chi connectivity index (χ3v) is 13.6. The van der Waals surface area contributed by atoms with Crippen molar-refractivity contribution in [1.29, 1.82) is 5.41 Å². The number of benzene rings is 10. The van der Waals surface area contributed by atoms with Crippen LogP contribution in [0.2, 0.25) is 0 Å². The second kappa shape index (κ2) is 16.4. The molecule has 324 valence electrons. The molecular formula is C64H48N4. The van der Waals surface area contributed by atoms with Crippen LogP contribution >= 0.6 is 0 Å². The Bertz CT molecular complexity index is 3920. The molecule has 0 amide bonds. The van der Waals surface area contributed by atoms with Crippen molar-refractivity contribution in [3.05, 3.63) is 247 Å². The molecule has 0 atom stereocenters. The number of hydrogen-bond donors (Lipinski definition) is 1. The molecule has 0 saturated carbocycles. The minimum absolute atomic E-state index is 0.103. The maximum atomic E-state index is 9.49. The van der Waals surface area contributed by atoms with Gasteiger partial charge in [0.15, 0.2) is 0 Å². The number of nitrogens with zero attached hydrogens (tertiary/aromatic N) is 3. The Hall–Kier alpha value is -8.60. The maximum Gasteiger partial charge on any atom is 0.0802 e. The van der Waals surface area contributed by atoms with E-state index in [1.165, 1.54) is 54.8 Å². The minimum atomic E-state index is 0.103. The summed E-state index contributed by atoms with van der Waals surface area (Å²) in [4.78, 5) is 5.17. The van der Waals surface area contributed by atoms with E-state index < -0.39 is 0 Å². The summed E-state index contributed by atoms with van der Waals surface area (Å²) in [6.07, 6.45) is 1.93. The maximum absolute atomic E-state index is 9.49. The first kappa shape index (κ1) is 40.9. The smallest absolute Gasteiger partial charge is 0.0802 e. The predicted octanol–water partition coefficient (Wildman–Crippen LogP) is 16.8. The number of fused-ring (bicyclic) bond motifs is 7. The Morgan fingerprint density at radius 1 is 0.441 bits per heavy atom. The summed E-state index contributed by atoms with van der Waals surface area (Å²) >= 11 is 0. The third kappa shape index (κ3) is 6.92. The van der Waals surface area contributed by atoms with Crippen molar-refractivity contribution >= 4 is 72.0 Å². The summed E-state index contributed by atoms with van der Waals surface area (Å²) in [5.41, 5.74) is 16.9. The van der Waals surface area contributed by atoms with Crippen molar-refractivity contribution in [2.24, 2.45) is 4.99 Å². The zero-order chi connectivity index (χ0) is 45.9. The van der Waals surface area contributed by atoms with Gasteiger partial charge in [-0.1, -0.05) is 191 Å². The molecule has 2 aromatic heterocycles. The molecule has 0 saturated heterocycles. The molecule has 0 radical (unpaired) electrons. The zero-order valence-electron chi connectivity index (χ0n) is 38.3. The molecule has 12 rings (SSSR count). The van der Waals surface area contributed by atoms with E-state index in [0.717, 1.165) is 61.1 Å². The molecular weight excluding hydrogens is 825 g/mol. The van der Waals surface area contributed by atoms with Gasteiger partial charge in [0.05, 0.1) is 33.5 Å². The van der Waals surface area contributed by atoms with Crippen molar-refractivity contribution in [2.75, 3.05) is 0 Å². The Labute approximate surface area is 396 Å². The van der Waals surface area contributed by atoms with E-state index in [1.807, 2.05) is 18.3 Å². The van der Waals surface area contributed by atoms with Crippen LogP contribution in [0.1, 0.15) is 43.0 Å². The SMILES string of the molecule is CC(C)(C)c1ccc(-c2ccc(C(=N)c3ccc4ccccc4c3N=Cc3ccc(-n4c5ccccc5c5c(-c6cccc7c6c6ccccc6n7-c6ccccc6)cccc54)cc3)cc2)cc1. The van der Waals surface area contributed by atoms with Crippen molar-refractivity contribution in [3.8, 4) is 33.6 Å². The first-order valence-electron chi connectivity index (χ1n) is 23.4. The number of hydrogen-bond acceptors (Lipinski definition) is 2. The van der Waals surface area contributed by atoms with Gasteiger partial charge in [-0.3, -0.25) is 10.4 Å². The summed E-state index contributed by atoms with van der Waals surface area (Å²) in [7, 11) is 0. The molecule has 1 N–H and O–H groups in total. The van der Waals surface area contributed by atoms with Gasteiger partial charge in [0, 0.05) is 55.6 Å². The lowest BCUT2D eigenvalue weighted by molar-refractivity contribution is 0.590. The van der Waals surface area contributed by atoms with Gasteiger partial charge in [-0.15, -0.1) is 0 Å². The van der Waals surface area contributed by atoms with Crippen LogP contribution in [0.15, 0.2) is 229 Å². The van der Waals surface area contributed by atoms with Crippen LogP contribution in [0.25, 0.3) is 88.0 Å². The largest absolute Gasteiger partial charge is 0.309 e. The Balaban J connectivity index is 0.907. The molecule has 0 spiro atoms. The van der Waals surface area contributed by atoms with Gasteiger partial charge in [0.2, 0.25) is 0 Å². The molecule has 0 fully saturated rings. The van der Waals surface area contributed by atoms with E-state index in [0.29, 0.717) is 5.71 Å². The van der Waals surface area contributed by atoms with E-state index >= 15 is 0 Å². The van der Waals surface area contributed by atoms with Gasteiger partial charge in [-0.2, -0.15) is 0 Å². The fourth-order valence-electron chi connectivity index (χ4n) is 10.2. The highest BCUT2D eigenvalue weighted by Gasteiger charge is 2.21. The first-order valence-corrected chi connectivity index (χ1v) is 23.4. The van der Waals surface area contributed by atoms with E-state index in [2.05, 4.69) is 242 Å². The standard InChI is InChI=1S/C64H48N4/c1-64(2,3)47-36-33-44(34-37-47)43-29-31-46(32-30-43)62(65)55-40-35-45-15-7-8-18-50(45)63(55)66-41-42-27-38-49(39-28-42)68-57-24-12-10-20-54(57)61-52(22-14-26-59(61)68)51-21-13-25-58-60(51)53-19-9-11-23-56(53)67(58)48-16-5-4-6-17-48/h4-41,65H,1-3H3. The van der Waals surface area contributed by atoms with Crippen LogP contribution in [0.4, 0.5) is 5.69 Å². The van der Waals surface area contributed by atoms with Crippen molar-refractivity contribution in [1.82, 2.24) is 9.13 Å². The zero-order valence-corrected chi connectivity index (χ0v) is 38.3. The lowest BCUT2D eigenvalue weighted by atomic mass is 9.86. The molecule has 68 heavy (non-hydrogen) atoms. The van der Waals surface area contributed by atoms with E-state index in [9.17, 15) is 5.41 Å². The topological polar surface area (TPSA) is 46.1 Å². The van der Waals surface area contributed by atoms with Gasteiger partial charge in [0.1, 0.15) is 0 Å². The van der Waals surface area contributed by atoms with Crippen molar-refractivity contribution < 1.29 is 0 Å². The van der Waals surface area contributed by atoms with Crippen LogP contribution < -0.4 is 0 Å². The summed E-state index contributed by atoms with van der Waals surface area (Å²) in [5, 5.41) is 16.5. The molecule has 0 bridgehead atoms. The van der Waals surface area contributed by atoms with Crippen LogP contribution in [0, 0.1) is 5.41 Å². The molecule has 4 heteroatoms. The Morgan fingerprint density at radius 2 is 0.941 bits per heavy atom. The van der Waals surface area contributed by atoms with Crippen molar-refractivity contribution in [3.63, 3.8) is 0 Å². The lowest BCUT2D eigenvalue weighted by Crippen LogP contribution is -2.10. The summed E-state index contributed by atoms with van der Waals surface area (Å²) in [5.74, 6) is 0. The number of para-hydroxylation sites is 3. The Morgan fingerprint density at radius 3 is 1.53 bits per heavy atom. The lowest BCUT2D eigenvalue weighted by Gasteiger charge is -2.19. The fourth-order valence-corrected chi connectivity index (χ4v) is 10.2. The molecule has 0 aliphatic rings. The van der Waals surface area contributed by atoms with Gasteiger partial charge in [-0.25, -0.2) is 0 Å². The number of aromatic nitrogens is 2. The third-order valence-electron chi connectivity index (χ3n) is 13.6. The predicted molar refractivity (Wildman–Crippen MR) is 288 cm³/mol. The molecule has 0 aliphatic heterocycles. The van der Waals surface area contributed by atoms with Crippen LogP contribution in [-0.2, 0) is 5.41 Å². The van der Waals surface area contributed by atoms with Crippen LogP contribution in [-0.4, -0.2) is 21.1 Å². The van der Waals surface area contributed by atoms with Gasteiger partial charge in [-0.05, 0) is 98.8 Å². The first-order chi connectivity index (χ1) is 33.3. The quantitative estimate of drug-likeness (QED) is 0.148. The molecule has 2 heterocycles. The summed E-state index contributed by atoms with van der Waals surface area (Å²) < 4.78 is 4.78. The highest BCUT2D eigenvalue weighted by atomic mass is 15.0. The average molecular weight is 873 g/mol. The highest BCUT2D eigenvalue weighted by Crippen LogP contribution is 2.44. The Kier molecular flexibility index (Phi) is 9.84. The monoisotopic (exact) mass is 872 g/mol. The van der Waals surface area contributed by atoms with E-state index in [1.54, 1.807) is 0 Å². The highest BCUT2D eigenvalue weighted by molar-refractivity contribution is 6.22. The average Bonchev–Trinajstić information content (AvgIpc) is 3.91. The normalized spacial score (nSPS) is 12.0. The summed E-state index contributed by atoms with van der Waals surface area (Å²) in [6, 6.07) is 79.9. The molecule has 0 unspecified atom stereocenters. The second-order valence-corrected chi connectivity index (χ2v) is 18.8. The van der Waals surface area contributed by atoms with E-state index in [-0.39, 0.29) is 5.41 Å². The van der Waals surface area contributed by atoms with Crippen molar-refractivity contribution in [2.45, 2.75) is 26.2 Å². The van der Waals surface area contributed by atoms with Crippen LogP contribution in [0.5, 0.6) is 0 Å². The number of nitrogens with one attached hydrogen (secondary N) is 1.